The van der Waals surface area contributed by atoms with E-state index in [-0.39, 0.29) is 5.91 Å². The Morgan fingerprint density at radius 1 is 1.13 bits per heavy atom. The summed E-state index contributed by atoms with van der Waals surface area (Å²) < 4.78 is 30.9. The van der Waals surface area contributed by atoms with E-state index in [1.807, 2.05) is 24.3 Å². The zero-order valence-electron chi connectivity index (χ0n) is 12.6. The number of thioether (sulfide) groups is 1. The van der Waals surface area contributed by atoms with E-state index in [4.69, 9.17) is 4.74 Å². The summed E-state index contributed by atoms with van der Waals surface area (Å²) in [5.41, 5.74) is 0.979. The molecule has 0 fully saturated rings. The summed E-state index contributed by atoms with van der Waals surface area (Å²) in [6.45, 7) is 0.443. The number of hydrogen-bond donors (Lipinski definition) is 1. The molecule has 0 aliphatic rings. The van der Waals surface area contributed by atoms with E-state index in [9.17, 15) is 13.6 Å². The van der Waals surface area contributed by atoms with E-state index >= 15 is 0 Å². The maximum absolute atomic E-state index is 13.1. The zero-order chi connectivity index (χ0) is 16.7. The molecule has 0 radical (unpaired) electrons. The molecule has 0 heterocycles. The van der Waals surface area contributed by atoms with E-state index in [1.165, 1.54) is 17.8 Å². The Morgan fingerprint density at radius 2 is 1.87 bits per heavy atom. The Kier molecular flexibility index (Phi) is 6.40. The van der Waals surface area contributed by atoms with Gasteiger partial charge in [0.05, 0.1) is 7.11 Å². The molecule has 0 atom stereocenters. The molecule has 0 bridgehead atoms. The van der Waals surface area contributed by atoms with Gasteiger partial charge in [-0.3, -0.25) is 4.79 Å². The van der Waals surface area contributed by atoms with E-state index in [0.717, 1.165) is 23.4 Å². The number of methoxy groups -OCH3 is 1. The average molecular weight is 337 g/mol. The minimum atomic E-state index is -0.876. The topological polar surface area (TPSA) is 38.3 Å². The van der Waals surface area contributed by atoms with Gasteiger partial charge in [-0.05, 0) is 35.9 Å². The van der Waals surface area contributed by atoms with Crippen LogP contribution in [0.1, 0.15) is 12.0 Å². The van der Waals surface area contributed by atoms with Crippen molar-refractivity contribution in [3.63, 3.8) is 0 Å². The van der Waals surface area contributed by atoms with Crippen molar-refractivity contribution >= 4 is 17.7 Å². The average Bonchev–Trinajstić information content (AvgIpc) is 2.56. The lowest BCUT2D eigenvalue weighted by Gasteiger charge is -2.06. The highest BCUT2D eigenvalue weighted by atomic mass is 32.2. The first-order chi connectivity index (χ1) is 11.1. The lowest BCUT2D eigenvalue weighted by Crippen LogP contribution is -2.22. The van der Waals surface area contributed by atoms with Gasteiger partial charge in [0.25, 0.3) is 0 Å². The zero-order valence-corrected chi connectivity index (χ0v) is 13.5. The molecular weight excluding hydrogens is 320 g/mol. The van der Waals surface area contributed by atoms with Gasteiger partial charge in [-0.25, -0.2) is 8.78 Å². The summed E-state index contributed by atoms with van der Waals surface area (Å²) in [4.78, 5) is 12.4. The summed E-state index contributed by atoms with van der Waals surface area (Å²) in [6, 6.07) is 11.2. The second-order valence-corrected chi connectivity index (χ2v) is 5.97. The highest BCUT2D eigenvalue weighted by Crippen LogP contribution is 2.21. The number of nitrogens with one attached hydrogen (secondary N) is 1. The molecule has 0 saturated carbocycles. The fourth-order valence-electron chi connectivity index (χ4n) is 1.86. The van der Waals surface area contributed by atoms with E-state index in [0.29, 0.717) is 23.6 Å². The largest absolute Gasteiger partial charge is 0.497 e. The Morgan fingerprint density at radius 3 is 2.52 bits per heavy atom. The summed E-state index contributed by atoms with van der Waals surface area (Å²) in [7, 11) is 1.60. The molecule has 1 N–H and O–H groups in total. The van der Waals surface area contributed by atoms with Crippen LogP contribution < -0.4 is 10.1 Å². The smallest absolute Gasteiger partial charge is 0.221 e. The first kappa shape index (κ1) is 17.3. The number of halogens is 2. The molecule has 0 spiro atoms. The summed E-state index contributed by atoms with van der Waals surface area (Å²) >= 11 is 1.31. The number of hydrogen-bond acceptors (Lipinski definition) is 3. The third-order valence-corrected chi connectivity index (χ3v) is 4.13. The quantitative estimate of drug-likeness (QED) is 0.782. The molecule has 2 aromatic rings. The van der Waals surface area contributed by atoms with Crippen LogP contribution in [0.2, 0.25) is 0 Å². The summed E-state index contributed by atoms with van der Waals surface area (Å²) in [6.07, 6.45) is 0.305. The van der Waals surface area contributed by atoms with E-state index < -0.39 is 11.6 Å². The van der Waals surface area contributed by atoms with Crippen LogP contribution in [-0.4, -0.2) is 18.8 Å². The van der Waals surface area contributed by atoms with Gasteiger partial charge in [-0.15, -0.1) is 11.8 Å². The molecule has 3 nitrogen and oxygen atoms in total. The minimum Gasteiger partial charge on any atom is -0.497 e. The van der Waals surface area contributed by atoms with Gasteiger partial charge < -0.3 is 10.1 Å². The normalized spacial score (nSPS) is 10.4. The molecule has 23 heavy (non-hydrogen) atoms. The molecule has 6 heteroatoms. The van der Waals surface area contributed by atoms with Crippen LogP contribution in [0.3, 0.4) is 0 Å². The lowest BCUT2D eigenvalue weighted by atomic mass is 10.2. The second-order valence-electron chi connectivity index (χ2n) is 4.80. The predicted molar refractivity (Wildman–Crippen MR) is 86.5 cm³/mol. The third kappa shape index (κ3) is 5.56. The molecule has 0 saturated heterocycles. The van der Waals surface area contributed by atoms with Gasteiger partial charge in [0.2, 0.25) is 5.91 Å². The number of ether oxygens (including phenoxy) is 1. The van der Waals surface area contributed by atoms with Crippen molar-refractivity contribution in [2.75, 3.05) is 12.9 Å². The molecule has 1 amide bonds. The standard InChI is InChI=1S/C17H17F2NO2S/c1-22-13-4-2-12(3-5-13)11-20-17(21)8-9-23-14-6-7-15(18)16(19)10-14/h2-7,10H,8-9,11H2,1H3,(H,20,21). The van der Waals surface area contributed by atoms with Crippen molar-refractivity contribution in [3.8, 4) is 5.75 Å². The minimum absolute atomic E-state index is 0.0871. The molecule has 122 valence electrons. The van der Waals surface area contributed by atoms with Crippen LogP contribution in [0.25, 0.3) is 0 Å². The summed E-state index contributed by atoms with van der Waals surface area (Å²) in [5, 5.41) is 2.82. The molecule has 2 aromatic carbocycles. The Labute approximate surface area is 138 Å². The number of amides is 1. The molecule has 0 aliphatic heterocycles. The van der Waals surface area contributed by atoms with Gasteiger partial charge in [-0.1, -0.05) is 12.1 Å². The fraction of sp³-hybridized carbons (Fsp3) is 0.235. The first-order valence-corrected chi connectivity index (χ1v) is 8.04. The van der Waals surface area contributed by atoms with Crippen molar-refractivity contribution in [1.82, 2.24) is 5.32 Å². The third-order valence-electron chi connectivity index (χ3n) is 3.14. The van der Waals surface area contributed by atoms with E-state index in [2.05, 4.69) is 5.32 Å². The van der Waals surface area contributed by atoms with Crippen molar-refractivity contribution in [1.29, 1.82) is 0 Å². The van der Waals surface area contributed by atoms with Crippen LogP contribution in [0, 0.1) is 11.6 Å². The van der Waals surface area contributed by atoms with Crippen molar-refractivity contribution in [3.05, 3.63) is 59.7 Å². The van der Waals surface area contributed by atoms with Gasteiger partial charge in [-0.2, -0.15) is 0 Å². The number of benzene rings is 2. The SMILES string of the molecule is COc1ccc(CNC(=O)CCSc2ccc(F)c(F)c2)cc1. The number of carbonyl (C=O) groups excluding carboxylic acids is 1. The van der Waals surface area contributed by atoms with Crippen LogP contribution >= 0.6 is 11.8 Å². The van der Waals surface area contributed by atoms with Gasteiger partial charge in [0.15, 0.2) is 11.6 Å². The maximum Gasteiger partial charge on any atom is 0.221 e. The fourth-order valence-corrected chi connectivity index (χ4v) is 2.73. The highest BCUT2D eigenvalue weighted by Gasteiger charge is 2.05. The molecule has 0 unspecified atom stereocenters. The predicted octanol–water partition coefficient (Wildman–Crippen LogP) is 3.77. The highest BCUT2D eigenvalue weighted by molar-refractivity contribution is 7.99. The van der Waals surface area contributed by atoms with Gasteiger partial charge in [0.1, 0.15) is 5.75 Å². The van der Waals surface area contributed by atoms with E-state index in [1.54, 1.807) is 7.11 Å². The monoisotopic (exact) mass is 337 g/mol. The maximum atomic E-state index is 13.1. The molecule has 2 rings (SSSR count). The molecule has 0 aliphatic carbocycles. The second kappa shape index (κ2) is 8.53. The van der Waals surface area contributed by atoms with Gasteiger partial charge in [0, 0.05) is 23.6 Å². The summed E-state index contributed by atoms with van der Waals surface area (Å²) in [5.74, 6) is -0.566. The lowest BCUT2D eigenvalue weighted by molar-refractivity contribution is -0.120. The Balaban J connectivity index is 1.71. The Bertz CT molecular complexity index is 662. The van der Waals surface area contributed by atoms with Crippen molar-refractivity contribution < 1.29 is 18.3 Å². The molecular formula is C17H17F2NO2S. The van der Waals surface area contributed by atoms with Crippen LogP contribution in [0.4, 0.5) is 8.78 Å². The van der Waals surface area contributed by atoms with Crippen LogP contribution in [-0.2, 0) is 11.3 Å². The first-order valence-electron chi connectivity index (χ1n) is 7.06. The number of carbonyl (C=O) groups is 1. The Hall–Kier alpha value is -2.08. The van der Waals surface area contributed by atoms with Gasteiger partial charge >= 0.3 is 0 Å². The van der Waals surface area contributed by atoms with Crippen molar-refractivity contribution in [2.45, 2.75) is 17.9 Å². The molecule has 0 aromatic heterocycles. The van der Waals surface area contributed by atoms with Crippen LogP contribution in [0.15, 0.2) is 47.4 Å². The van der Waals surface area contributed by atoms with Crippen molar-refractivity contribution in [2.24, 2.45) is 0 Å². The number of rotatable bonds is 7. The van der Waals surface area contributed by atoms with Crippen LogP contribution in [0.5, 0.6) is 5.75 Å².